The van der Waals surface area contributed by atoms with E-state index in [9.17, 15) is 34.8 Å². The molecule has 0 aliphatic heterocycles. The van der Waals surface area contributed by atoms with Gasteiger partial charge in [-0.2, -0.15) is 0 Å². The number of likely N-dealkylation sites (N-methyl/N-ethyl adjacent to an activating group) is 1. The van der Waals surface area contributed by atoms with Crippen LogP contribution in [0.3, 0.4) is 0 Å². The molecule has 1 saturated carbocycles. The van der Waals surface area contributed by atoms with Crippen LogP contribution in [0.2, 0.25) is 4.34 Å². The Hall–Kier alpha value is -3.18. The average Bonchev–Trinajstić information content (AvgIpc) is 3.22. The monoisotopic (exact) mass is 530 g/mol. The number of Topliss-reactive ketones (excluding diaryl/α,β-unsaturated/α-hetero) is 2. The number of carbonyl (C=O) groups is 3. The lowest BCUT2D eigenvalue weighted by molar-refractivity contribution is -0.153. The first-order chi connectivity index (χ1) is 16.9. The second kappa shape index (κ2) is 8.17. The number of ketones is 2. The van der Waals surface area contributed by atoms with E-state index in [1.54, 1.807) is 26.2 Å². The summed E-state index contributed by atoms with van der Waals surface area (Å²) in [4.78, 5) is 41.3. The SMILES string of the molecule is CN(C)C1C(=O)C(C(N)=O)=C(O)C2(O)C(=O)C3=C(O)c4c(O)ccc(-c5ccc(Cl)s5)c4CC3CC12. The van der Waals surface area contributed by atoms with Gasteiger partial charge in [-0.05, 0) is 68.2 Å². The normalized spacial score (nSPS) is 27.8. The predicted molar refractivity (Wildman–Crippen MR) is 133 cm³/mol. The number of aromatic hydroxyl groups is 1. The third kappa shape index (κ3) is 3.18. The van der Waals surface area contributed by atoms with Crippen molar-refractivity contribution in [2.24, 2.45) is 17.6 Å². The summed E-state index contributed by atoms with van der Waals surface area (Å²) >= 11 is 7.44. The van der Waals surface area contributed by atoms with Crippen molar-refractivity contribution in [3.8, 4) is 16.2 Å². The van der Waals surface area contributed by atoms with E-state index >= 15 is 0 Å². The molecular weight excluding hydrogens is 508 g/mol. The molecular formula is C25H23ClN2O7S. The highest BCUT2D eigenvalue weighted by atomic mass is 35.5. The zero-order valence-corrected chi connectivity index (χ0v) is 20.9. The summed E-state index contributed by atoms with van der Waals surface area (Å²) in [5.41, 5.74) is 3.03. The van der Waals surface area contributed by atoms with Crippen LogP contribution in [0.15, 0.2) is 41.2 Å². The summed E-state index contributed by atoms with van der Waals surface area (Å²) in [5, 5.41) is 44.4. The average molecular weight is 531 g/mol. The molecule has 3 aliphatic carbocycles. The lowest BCUT2D eigenvalue weighted by atomic mass is 9.57. The smallest absolute Gasteiger partial charge is 0.255 e. The van der Waals surface area contributed by atoms with E-state index in [4.69, 9.17) is 17.3 Å². The van der Waals surface area contributed by atoms with Gasteiger partial charge in [-0.25, -0.2) is 0 Å². The Bertz CT molecular complexity index is 1430. The van der Waals surface area contributed by atoms with Gasteiger partial charge in [0.1, 0.15) is 22.8 Å². The molecule has 36 heavy (non-hydrogen) atoms. The number of aliphatic hydroxyl groups is 3. The van der Waals surface area contributed by atoms with E-state index in [1.165, 1.54) is 22.3 Å². The van der Waals surface area contributed by atoms with Crippen molar-refractivity contribution >= 4 is 46.2 Å². The summed E-state index contributed by atoms with van der Waals surface area (Å²) in [6, 6.07) is 5.53. The highest BCUT2D eigenvalue weighted by Gasteiger charge is 2.64. The maximum Gasteiger partial charge on any atom is 0.255 e. The van der Waals surface area contributed by atoms with Gasteiger partial charge >= 0.3 is 0 Å². The third-order valence-electron chi connectivity index (χ3n) is 7.44. The lowest BCUT2D eigenvalue weighted by Gasteiger charge is -2.50. The van der Waals surface area contributed by atoms with Gasteiger partial charge in [-0.3, -0.25) is 19.3 Å². The van der Waals surface area contributed by atoms with Crippen LogP contribution in [0.1, 0.15) is 17.5 Å². The highest BCUT2D eigenvalue weighted by Crippen LogP contribution is 2.54. The van der Waals surface area contributed by atoms with Crippen LogP contribution < -0.4 is 5.73 Å². The maximum absolute atomic E-state index is 13.8. The van der Waals surface area contributed by atoms with Crippen molar-refractivity contribution in [3.05, 3.63) is 56.6 Å². The molecule has 5 rings (SSSR count). The fraction of sp³-hybridized carbons (Fsp3) is 0.320. The summed E-state index contributed by atoms with van der Waals surface area (Å²) in [6.07, 6.45) is 0.250. The van der Waals surface area contributed by atoms with E-state index in [1.807, 2.05) is 6.07 Å². The quantitative estimate of drug-likeness (QED) is 0.378. The number of benzene rings is 1. The number of carbonyl (C=O) groups excluding carboxylic acids is 3. The summed E-state index contributed by atoms with van der Waals surface area (Å²) < 4.78 is 0.558. The molecule has 3 aliphatic rings. The van der Waals surface area contributed by atoms with Gasteiger partial charge in [-0.15, -0.1) is 11.3 Å². The fourth-order valence-corrected chi connectivity index (χ4v) is 7.03. The number of nitrogens with two attached hydrogens (primary N) is 1. The molecule has 188 valence electrons. The zero-order valence-electron chi connectivity index (χ0n) is 19.3. The minimum atomic E-state index is -2.65. The highest BCUT2D eigenvalue weighted by molar-refractivity contribution is 7.19. The third-order valence-corrected chi connectivity index (χ3v) is 8.71. The van der Waals surface area contributed by atoms with Crippen LogP contribution in [0.5, 0.6) is 5.75 Å². The Morgan fingerprint density at radius 2 is 1.86 bits per heavy atom. The van der Waals surface area contributed by atoms with Crippen LogP contribution >= 0.6 is 22.9 Å². The summed E-state index contributed by atoms with van der Waals surface area (Å²) in [7, 11) is 3.12. The molecule has 4 unspecified atom stereocenters. The van der Waals surface area contributed by atoms with Gasteiger partial charge in [0.15, 0.2) is 11.4 Å². The summed E-state index contributed by atoms with van der Waals surface area (Å²) in [6.45, 7) is 0. The molecule has 4 atom stereocenters. The molecule has 0 bridgehead atoms. The topological polar surface area (TPSA) is 161 Å². The molecule has 1 fully saturated rings. The molecule has 1 aromatic heterocycles. The summed E-state index contributed by atoms with van der Waals surface area (Å²) in [5.74, 6) is -6.73. The standard InChI is InChI=1S/C25H23ClN2O7S/c1-28(2)19-12-8-9-7-11-10(14-5-6-15(26)36-14)3-4-13(29)17(11)20(30)16(9)22(32)25(12,35)23(33)18(21(19)31)24(27)34/h3-6,9,12,19,29-30,33,35H,7-8H2,1-2H3,(H2,27,34). The molecule has 6 N–H and O–H groups in total. The first kappa shape index (κ1) is 24.5. The second-order valence-electron chi connectivity index (χ2n) is 9.55. The molecule has 0 radical (unpaired) electrons. The van der Waals surface area contributed by atoms with E-state index < -0.39 is 58.0 Å². The lowest BCUT2D eigenvalue weighted by Crippen LogP contribution is -2.65. The predicted octanol–water partition coefficient (Wildman–Crippen LogP) is 2.35. The first-order valence-electron chi connectivity index (χ1n) is 11.1. The second-order valence-corrected chi connectivity index (χ2v) is 11.3. The van der Waals surface area contributed by atoms with Crippen LogP contribution in [-0.2, 0) is 20.8 Å². The van der Waals surface area contributed by atoms with Crippen LogP contribution in [0.4, 0.5) is 0 Å². The Morgan fingerprint density at radius 1 is 1.17 bits per heavy atom. The molecule has 0 saturated heterocycles. The number of amides is 1. The number of phenols is 1. The Balaban J connectivity index is 1.75. The van der Waals surface area contributed by atoms with E-state index in [2.05, 4.69) is 0 Å². The van der Waals surface area contributed by atoms with Crippen molar-refractivity contribution in [2.75, 3.05) is 14.1 Å². The van der Waals surface area contributed by atoms with Crippen LogP contribution in [-0.4, -0.2) is 68.5 Å². The first-order valence-corrected chi connectivity index (χ1v) is 12.3. The zero-order chi connectivity index (χ0) is 26.3. The van der Waals surface area contributed by atoms with Gasteiger partial charge in [0.05, 0.1) is 15.9 Å². The van der Waals surface area contributed by atoms with Gasteiger partial charge in [-0.1, -0.05) is 11.6 Å². The number of aliphatic hydroxyl groups excluding tert-OH is 2. The number of halogens is 1. The number of nitrogens with zero attached hydrogens (tertiary/aromatic N) is 1. The number of fused-ring (bicyclic) bond motifs is 3. The minimum absolute atomic E-state index is 0.0338. The molecule has 1 heterocycles. The molecule has 1 amide bonds. The van der Waals surface area contributed by atoms with Gasteiger partial charge in [0.25, 0.3) is 5.91 Å². The van der Waals surface area contributed by atoms with Crippen molar-refractivity contribution in [1.29, 1.82) is 0 Å². The van der Waals surface area contributed by atoms with Gasteiger partial charge in [0, 0.05) is 16.4 Å². The molecule has 11 heteroatoms. The maximum atomic E-state index is 13.8. The molecule has 2 aromatic rings. The van der Waals surface area contributed by atoms with Crippen molar-refractivity contribution in [3.63, 3.8) is 0 Å². The number of primary amides is 1. The number of hydrogen-bond acceptors (Lipinski definition) is 9. The van der Waals surface area contributed by atoms with E-state index in [-0.39, 0.29) is 29.7 Å². The van der Waals surface area contributed by atoms with E-state index in [0.29, 0.717) is 9.90 Å². The Kier molecular flexibility index (Phi) is 5.56. The molecule has 1 aromatic carbocycles. The van der Waals surface area contributed by atoms with Crippen molar-refractivity contribution in [1.82, 2.24) is 4.90 Å². The fourth-order valence-electron chi connectivity index (χ4n) is 5.93. The molecule has 0 spiro atoms. The number of phenolic OH excluding ortho intramolecular Hbond substituents is 1. The number of rotatable bonds is 3. The molecule has 9 nitrogen and oxygen atoms in total. The van der Waals surface area contributed by atoms with Gasteiger partial charge in [0.2, 0.25) is 5.78 Å². The number of hydrogen-bond donors (Lipinski definition) is 5. The van der Waals surface area contributed by atoms with E-state index in [0.717, 1.165) is 10.4 Å². The van der Waals surface area contributed by atoms with Crippen molar-refractivity contribution in [2.45, 2.75) is 24.5 Å². The largest absolute Gasteiger partial charge is 0.508 e. The van der Waals surface area contributed by atoms with Gasteiger partial charge < -0.3 is 26.2 Å². The Morgan fingerprint density at radius 3 is 2.44 bits per heavy atom. The Labute approximate surface area is 214 Å². The van der Waals surface area contributed by atoms with Crippen molar-refractivity contribution < 1.29 is 34.8 Å². The minimum Gasteiger partial charge on any atom is -0.508 e. The van der Waals surface area contributed by atoms with Crippen LogP contribution in [0, 0.1) is 11.8 Å². The number of thiophene rings is 1. The van der Waals surface area contributed by atoms with Crippen LogP contribution in [0.25, 0.3) is 16.2 Å².